The topological polar surface area (TPSA) is 15.3 Å². The maximum atomic E-state index is 13.7. The van der Waals surface area contributed by atoms with Crippen LogP contribution in [0.1, 0.15) is 18.4 Å². The molecule has 0 radical (unpaired) electrons. The SMILES string of the molecule is CNCC1CCCN(Cc2cc(Br)ccc2F)C1. The summed E-state index contributed by atoms with van der Waals surface area (Å²) in [6.45, 7) is 3.90. The smallest absolute Gasteiger partial charge is 0.127 e. The number of benzene rings is 1. The molecule has 18 heavy (non-hydrogen) atoms. The van der Waals surface area contributed by atoms with Crippen molar-refractivity contribution in [2.45, 2.75) is 19.4 Å². The van der Waals surface area contributed by atoms with E-state index in [2.05, 4.69) is 26.1 Å². The Morgan fingerprint density at radius 2 is 2.33 bits per heavy atom. The Bertz CT molecular complexity index is 395. The second kappa shape index (κ2) is 6.64. The van der Waals surface area contributed by atoms with Gasteiger partial charge in [0, 0.05) is 23.1 Å². The molecule has 1 heterocycles. The lowest BCUT2D eigenvalue weighted by Crippen LogP contribution is -2.38. The zero-order valence-corrected chi connectivity index (χ0v) is 12.3. The predicted molar refractivity (Wildman–Crippen MR) is 76.0 cm³/mol. The first-order valence-electron chi connectivity index (χ1n) is 6.50. The van der Waals surface area contributed by atoms with Crippen molar-refractivity contribution >= 4 is 15.9 Å². The maximum absolute atomic E-state index is 13.7. The van der Waals surface area contributed by atoms with Crippen LogP contribution in [-0.2, 0) is 6.54 Å². The van der Waals surface area contributed by atoms with E-state index in [1.54, 1.807) is 6.07 Å². The van der Waals surface area contributed by atoms with Crippen LogP contribution in [0.15, 0.2) is 22.7 Å². The molecule has 1 aliphatic heterocycles. The molecule has 1 aromatic rings. The highest BCUT2D eigenvalue weighted by molar-refractivity contribution is 9.10. The molecule has 1 saturated heterocycles. The molecule has 2 rings (SSSR count). The Labute approximate surface area is 117 Å². The zero-order valence-electron chi connectivity index (χ0n) is 10.8. The minimum Gasteiger partial charge on any atom is -0.319 e. The van der Waals surface area contributed by atoms with Crippen molar-refractivity contribution in [1.29, 1.82) is 0 Å². The number of likely N-dealkylation sites (tertiary alicyclic amines) is 1. The third kappa shape index (κ3) is 3.77. The van der Waals surface area contributed by atoms with Gasteiger partial charge >= 0.3 is 0 Å². The van der Waals surface area contributed by atoms with Crippen LogP contribution in [0.3, 0.4) is 0 Å². The molecule has 2 nitrogen and oxygen atoms in total. The van der Waals surface area contributed by atoms with Crippen LogP contribution in [0.2, 0.25) is 0 Å². The Hall–Kier alpha value is -0.450. The maximum Gasteiger partial charge on any atom is 0.127 e. The van der Waals surface area contributed by atoms with Gasteiger partial charge in [-0.1, -0.05) is 15.9 Å². The quantitative estimate of drug-likeness (QED) is 0.919. The van der Waals surface area contributed by atoms with Gasteiger partial charge in [0.05, 0.1) is 0 Å². The molecule has 1 unspecified atom stereocenters. The highest BCUT2D eigenvalue weighted by Gasteiger charge is 2.20. The van der Waals surface area contributed by atoms with E-state index in [9.17, 15) is 4.39 Å². The second-order valence-corrected chi connectivity index (χ2v) is 5.95. The average Bonchev–Trinajstić information content (AvgIpc) is 2.35. The number of hydrogen-bond donors (Lipinski definition) is 1. The molecule has 0 spiro atoms. The molecule has 0 aromatic heterocycles. The minimum absolute atomic E-state index is 0.103. The van der Waals surface area contributed by atoms with Gasteiger partial charge in [-0.25, -0.2) is 4.39 Å². The van der Waals surface area contributed by atoms with Crippen molar-refractivity contribution in [3.8, 4) is 0 Å². The van der Waals surface area contributed by atoms with Crippen molar-refractivity contribution in [3.63, 3.8) is 0 Å². The van der Waals surface area contributed by atoms with E-state index in [0.29, 0.717) is 12.5 Å². The molecule has 100 valence electrons. The summed E-state index contributed by atoms with van der Waals surface area (Å²) in [5.74, 6) is 0.591. The van der Waals surface area contributed by atoms with E-state index in [1.807, 2.05) is 13.1 Å². The molecule has 1 fully saturated rings. The normalized spacial score (nSPS) is 21.2. The van der Waals surface area contributed by atoms with Gasteiger partial charge in [0.1, 0.15) is 5.82 Å². The minimum atomic E-state index is -0.103. The third-order valence-corrected chi connectivity index (χ3v) is 3.99. The number of nitrogens with one attached hydrogen (secondary N) is 1. The van der Waals surface area contributed by atoms with Gasteiger partial charge in [-0.15, -0.1) is 0 Å². The molecule has 1 atom stereocenters. The summed E-state index contributed by atoms with van der Waals surface area (Å²) < 4.78 is 14.7. The summed E-state index contributed by atoms with van der Waals surface area (Å²) in [6, 6.07) is 5.17. The molecular formula is C14H20BrFN2. The monoisotopic (exact) mass is 314 g/mol. The van der Waals surface area contributed by atoms with Gasteiger partial charge in [-0.2, -0.15) is 0 Å². The summed E-state index contributed by atoms with van der Waals surface area (Å²) in [5.41, 5.74) is 0.787. The molecule has 0 amide bonds. The van der Waals surface area contributed by atoms with Crippen molar-refractivity contribution in [1.82, 2.24) is 10.2 Å². The van der Waals surface area contributed by atoms with E-state index in [4.69, 9.17) is 0 Å². The Kier molecular flexibility index (Phi) is 5.15. The molecular weight excluding hydrogens is 295 g/mol. The van der Waals surface area contributed by atoms with Crippen LogP contribution in [0, 0.1) is 11.7 Å². The Morgan fingerprint density at radius 1 is 1.50 bits per heavy atom. The van der Waals surface area contributed by atoms with E-state index in [0.717, 1.165) is 29.7 Å². The fraction of sp³-hybridized carbons (Fsp3) is 0.571. The molecule has 4 heteroatoms. The van der Waals surface area contributed by atoms with Gasteiger partial charge in [0.2, 0.25) is 0 Å². The van der Waals surface area contributed by atoms with Crippen LogP contribution in [-0.4, -0.2) is 31.6 Å². The van der Waals surface area contributed by atoms with E-state index < -0.39 is 0 Å². The standard InChI is InChI=1S/C14H20BrFN2/c1-17-8-11-3-2-6-18(9-11)10-12-7-13(15)4-5-14(12)16/h4-5,7,11,17H,2-3,6,8-10H2,1H3. The summed E-state index contributed by atoms with van der Waals surface area (Å²) in [7, 11) is 1.99. The van der Waals surface area contributed by atoms with Gasteiger partial charge in [-0.05, 0) is 57.1 Å². The Morgan fingerprint density at radius 3 is 3.11 bits per heavy atom. The van der Waals surface area contributed by atoms with Crippen molar-refractivity contribution in [3.05, 3.63) is 34.1 Å². The van der Waals surface area contributed by atoms with Crippen LogP contribution in [0.25, 0.3) is 0 Å². The zero-order chi connectivity index (χ0) is 13.0. The lowest BCUT2D eigenvalue weighted by atomic mass is 9.97. The summed E-state index contributed by atoms with van der Waals surface area (Å²) in [4.78, 5) is 2.36. The van der Waals surface area contributed by atoms with Gasteiger partial charge in [0.15, 0.2) is 0 Å². The van der Waals surface area contributed by atoms with Crippen molar-refractivity contribution in [2.24, 2.45) is 5.92 Å². The van der Waals surface area contributed by atoms with Crippen molar-refractivity contribution in [2.75, 3.05) is 26.7 Å². The lowest BCUT2D eigenvalue weighted by molar-refractivity contribution is 0.165. The molecule has 1 aliphatic rings. The molecule has 0 aliphatic carbocycles. The van der Waals surface area contributed by atoms with Gasteiger partial charge in [0.25, 0.3) is 0 Å². The van der Waals surface area contributed by atoms with Crippen LogP contribution in [0.4, 0.5) is 4.39 Å². The fourth-order valence-electron chi connectivity index (χ4n) is 2.66. The lowest BCUT2D eigenvalue weighted by Gasteiger charge is -2.32. The van der Waals surface area contributed by atoms with Gasteiger partial charge < -0.3 is 5.32 Å². The first kappa shape index (κ1) is 14.0. The highest BCUT2D eigenvalue weighted by atomic mass is 79.9. The average molecular weight is 315 g/mol. The van der Waals surface area contributed by atoms with Crippen molar-refractivity contribution < 1.29 is 4.39 Å². The Balaban J connectivity index is 1.98. The molecule has 0 saturated carbocycles. The third-order valence-electron chi connectivity index (χ3n) is 3.50. The highest BCUT2D eigenvalue weighted by Crippen LogP contribution is 2.21. The number of hydrogen-bond acceptors (Lipinski definition) is 2. The number of piperidine rings is 1. The summed E-state index contributed by atoms with van der Waals surface area (Å²) in [6.07, 6.45) is 2.49. The fourth-order valence-corrected chi connectivity index (χ4v) is 3.06. The number of halogens is 2. The van der Waals surface area contributed by atoms with Crippen LogP contribution >= 0.6 is 15.9 Å². The van der Waals surface area contributed by atoms with E-state index in [-0.39, 0.29) is 5.82 Å². The molecule has 1 aromatic carbocycles. The van der Waals surface area contributed by atoms with E-state index in [1.165, 1.54) is 18.9 Å². The second-order valence-electron chi connectivity index (χ2n) is 5.04. The van der Waals surface area contributed by atoms with E-state index >= 15 is 0 Å². The number of rotatable bonds is 4. The van der Waals surface area contributed by atoms with Gasteiger partial charge in [-0.3, -0.25) is 4.90 Å². The number of nitrogens with zero attached hydrogens (tertiary/aromatic N) is 1. The van der Waals surface area contributed by atoms with Crippen LogP contribution < -0.4 is 5.32 Å². The summed E-state index contributed by atoms with van der Waals surface area (Å²) in [5, 5.41) is 3.23. The first-order chi connectivity index (χ1) is 8.69. The molecule has 1 N–H and O–H groups in total. The largest absolute Gasteiger partial charge is 0.319 e. The first-order valence-corrected chi connectivity index (χ1v) is 7.29. The predicted octanol–water partition coefficient (Wildman–Crippen LogP) is 3.02. The summed E-state index contributed by atoms with van der Waals surface area (Å²) >= 11 is 3.40. The van der Waals surface area contributed by atoms with Crippen LogP contribution in [0.5, 0.6) is 0 Å². The molecule has 0 bridgehead atoms.